The Morgan fingerprint density at radius 3 is 2.40 bits per heavy atom. The van der Waals surface area contributed by atoms with E-state index in [1.807, 2.05) is 35.2 Å². The summed E-state index contributed by atoms with van der Waals surface area (Å²) < 4.78 is 6.35. The largest absolute Gasteiger partial charge is 0.416 e. The first kappa shape index (κ1) is 20.1. The molecule has 3 unspecified atom stereocenters. The maximum absolute atomic E-state index is 12.8. The van der Waals surface area contributed by atoms with Gasteiger partial charge in [-0.15, -0.1) is 0 Å². The number of hydrogen-bond acceptors (Lipinski definition) is 3. The summed E-state index contributed by atoms with van der Waals surface area (Å²) in [5, 5.41) is 10.3. The average Bonchev–Trinajstić information content (AvgIpc) is 2.81. The molecule has 0 radical (unpaired) electrons. The van der Waals surface area contributed by atoms with Gasteiger partial charge in [0.1, 0.15) is 0 Å². The number of likely N-dealkylation sites (tertiary alicyclic amines) is 1. The van der Waals surface area contributed by atoms with Crippen molar-refractivity contribution in [2.75, 3.05) is 13.2 Å². The Labute approximate surface area is 153 Å². The summed E-state index contributed by atoms with van der Waals surface area (Å²) in [5.41, 5.74) is 1.12. The average molecular weight is 364 g/mol. The van der Waals surface area contributed by atoms with Crippen LogP contribution in [0, 0.1) is 11.8 Å². The van der Waals surface area contributed by atoms with Gasteiger partial charge in [0.15, 0.2) is 8.32 Å². The zero-order valence-corrected chi connectivity index (χ0v) is 17.5. The molecule has 5 heteroatoms. The van der Waals surface area contributed by atoms with Crippen molar-refractivity contribution in [3.05, 3.63) is 35.9 Å². The Kier molecular flexibility index (Phi) is 6.12. The molecule has 4 nitrogen and oxygen atoms in total. The molecule has 1 amide bonds. The normalized spacial score (nSPS) is 23.2. The van der Waals surface area contributed by atoms with E-state index in [0.29, 0.717) is 19.7 Å². The van der Waals surface area contributed by atoms with Crippen LogP contribution in [0.2, 0.25) is 18.1 Å². The molecule has 2 rings (SSSR count). The number of aliphatic hydroxyl groups excluding tert-OH is 1. The molecular weight excluding hydrogens is 330 g/mol. The molecule has 1 aromatic rings. The van der Waals surface area contributed by atoms with Crippen LogP contribution < -0.4 is 0 Å². The smallest absolute Gasteiger partial charge is 0.229 e. The van der Waals surface area contributed by atoms with Crippen molar-refractivity contribution in [2.45, 2.75) is 58.5 Å². The Morgan fingerprint density at radius 1 is 1.28 bits per heavy atom. The minimum absolute atomic E-state index is 0.0442. The Balaban J connectivity index is 2.08. The summed E-state index contributed by atoms with van der Waals surface area (Å²) in [4.78, 5) is 14.7. The quantitative estimate of drug-likeness (QED) is 0.785. The number of carbonyl (C=O) groups is 1. The van der Waals surface area contributed by atoms with Gasteiger partial charge in [-0.05, 0) is 30.6 Å². The summed E-state index contributed by atoms with van der Waals surface area (Å²) in [6.45, 7) is 14.6. The van der Waals surface area contributed by atoms with Gasteiger partial charge >= 0.3 is 0 Å². The highest BCUT2D eigenvalue weighted by Crippen LogP contribution is 2.38. The fraction of sp³-hybridized carbons (Fsp3) is 0.650. The number of benzene rings is 1. The highest BCUT2D eigenvalue weighted by molar-refractivity contribution is 6.74. The van der Waals surface area contributed by atoms with Gasteiger partial charge in [0.2, 0.25) is 5.91 Å². The predicted octanol–water partition coefficient (Wildman–Crippen LogP) is 3.66. The highest BCUT2D eigenvalue weighted by atomic mass is 28.4. The van der Waals surface area contributed by atoms with Crippen LogP contribution in [-0.2, 0) is 15.8 Å². The van der Waals surface area contributed by atoms with E-state index in [9.17, 15) is 9.90 Å². The molecule has 1 aromatic carbocycles. The van der Waals surface area contributed by atoms with E-state index < -0.39 is 14.4 Å². The minimum Gasteiger partial charge on any atom is -0.416 e. The van der Waals surface area contributed by atoms with Crippen molar-refractivity contribution in [3.8, 4) is 0 Å². The van der Waals surface area contributed by atoms with Crippen molar-refractivity contribution in [1.29, 1.82) is 0 Å². The molecule has 0 aromatic heterocycles. The van der Waals surface area contributed by atoms with Gasteiger partial charge in [-0.2, -0.15) is 0 Å². The predicted molar refractivity (Wildman–Crippen MR) is 104 cm³/mol. The molecule has 0 bridgehead atoms. The molecule has 25 heavy (non-hydrogen) atoms. The molecular formula is C20H33NO3Si. The van der Waals surface area contributed by atoms with E-state index in [1.165, 1.54) is 0 Å². The summed E-state index contributed by atoms with van der Waals surface area (Å²) >= 11 is 0. The number of nitrogens with zero attached hydrogens (tertiary/aromatic N) is 1. The SMILES string of the molecule is CC(O)C1C(=O)N(Cc2ccccc2)CC1CO[Si](C)(C)C(C)(C)C. The van der Waals surface area contributed by atoms with Crippen LogP contribution in [-0.4, -0.2) is 43.5 Å². The lowest BCUT2D eigenvalue weighted by molar-refractivity contribution is -0.134. The van der Waals surface area contributed by atoms with Gasteiger partial charge < -0.3 is 14.4 Å². The molecule has 1 heterocycles. The lowest BCUT2D eigenvalue weighted by Crippen LogP contribution is -2.43. The second kappa shape index (κ2) is 7.60. The lowest BCUT2D eigenvalue weighted by Gasteiger charge is -2.37. The lowest BCUT2D eigenvalue weighted by atomic mass is 9.92. The van der Waals surface area contributed by atoms with E-state index in [4.69, 9.17) is 4.43 Å². The zero-order chi connectivity index (χ0) is 18.8. The van der Waals surface area contributed by atoms with Crippen molar-refractivity contribution in [1.82, 2.24) is 4.90 Å². The summed E-state index contributed by atoms with van der Waals surface area (Å²) in [6, 6.07) is 10.0. The number of aliphatic hydroxyl groups is 1. The standard InChI is InChI=1S/C20H33NO3Si/c1-15(22)18-17(14-24-25(5,6)20(2,3)4)13-21(19(18)23)12-16-10-8-7-9-11-16/h7-11,15,17-18,22H,12-14H2,1-6H3. The molecule has 1 saturated heterocycles. The first-order valence-electron chi connectivity index (χ1n) is 9.17. The van der Waals surface area contributed by atoms with Crippen LogP contribution in [0.1, 0.15) is 33.3 Å². The van der Waals surface area contributed by atoms with Crippen LogP contribution in [0.4, 0.5) is 0 Å². The molecule has 3 atom stereocenters. The van der Waals surface area contributed by atoms with Crippen molar-refractivity contribution < 1.29 is 14.3 Å². The molecule has 1 fully saturated rings. The molecule has 0 aliphatic carbocycles. The highest BCUT2D eigenvalue weighted by Gasteiger charge is 2.45. The first-order valence-corrected chi connectivity index (χ1v) is 12.1. The number of amides is 1. The van der Waals surface area contributed by atoms with E-state index in [1.54, 1.807) is 6.92 Å². The number of carbonyl (C=O) groups excluding carboxylic acids is 1. The van der Waals surface area contributed by atoms with Gasteiger partial charge in [0.25, 0.3) is 0 Å². The molecule has 1 aliphatic rings. The molecule has 140 valence electrons. The van der Waals surface area contributed by atoms with E-state index in [-0.39, 0.29) is 22.8 Å². The third-order valence-electron chi connectivity index (χ3n) is 5.76. The van der Waals surface area contributed by atoms with Crippen molar-refractivity contribution in [2.24, 2.45) is 11.8 Å². The first-order chi connectivity index (χ1) is 11.5. The fourth-order valence-electron chi connectivity index (χ4n) is 3.13. The third-order valence-corrected chi connectivity index (χ3v) is 10.3. The summed E-state index contributed by atoms with van der Waals surface area (Å²) in [7, 11) is -1.87. The Bertz CT molecular complexity index is 580. The topological polar surface area (TPSA) is 49.8 Å². The van der Waals surface area contributed by atoms with Gasteiger partial charge in [-0.3, -0.25) is 4.79 Å². The van der Waals surface area contributed by atoms with Crippen LogP contribution in [0.3, 0.4) is 0 Å². The van der Waals surface area contributed by atoms with E-state index >= 15 is 0 Å². The second-order valence-corrected chi connectivity index (χ2v) is 13.6. The Hall–Kier alpha value is -1.17. The fourth-order valence-corrected chi connectivity index (χ4v) is 4.20. The number of hydrogen-bond donors (Lipinski definition) is 1. The van der Waals surface area contributed by atoms with E-state index in [2.05, 4.69) is 33.9 Å². The van der Waals surface area contributed by atoms with Gasteiger partial charge in [0, 0.05) is 25.6 Å². The maximum Gasteiger partial charge on any atom is 0.229 e. The minimum atomic E-state index is -1.87. The zero-order valence-electron chi connectivity index (χ0n) is 16.5. The van der Waals surface area contributed by atoms with Crippen LogP contribution >= 0.6 is 0 Å². The summed E-state index contributed by atoms with van der Waals surface area (Å²) in [6.07, 6.45) is -0.652. The molecule has 0 saturated carbocycles. The molecule has 1 aliphatic heterocycles. The van der Waals surface area contributed by atoms with Gasteiger partial charge in [0.05, 0.1) is 12.0 Å². The van der Waals surface area contributed by atoms with Crippen LogP contribution in [0.25, 0.3) is 0 Å². The van der Waals surface area contributed by atoms with Crippen LogP contribution in [0.15, 0.2) is 30.3 Å². The molecule has 0 spiro atoms. The Morgan fingerprint density at radius 2 is 1.88 bits per heavy atom. The van der Waals surface area contributed by atoms with Crippen molar-refractivity contribution >= 4 is 14.2 Å². The molecule has 1 N–H and O–H groups in total. The van der Waals surface area contributed by atoms with E-state index in [0.717, 1.165) is 5.56 Å². The van der Waals surface area contributed by atoms with Gasteiger partial charge in [-0.25, -0.2) is 0 Å². The monoisotopic (exact) mass is 363 g/mol. The van der Waals surface area contributed by atoms with Crippen LogP contribution in [0.5, 0.6) is 0 Å². The number of rotatable bonds is 6. The second-order valence-electron chi connectivity index (χ2n) is 8.80. The summed E-state index contributed by atoms with van der Waals surface area (Å²) in [5.74, 6) is -0.276. The van der Waals surface area contributed by atoms with Crippen molar-refractivity contribution in [3.63, 3.8) is 0 Å². The third kappa shape index (κ3) is 4.71. The van der Waals surface area contributed by atoms with Gasteiger partial charge in [-0.1, -0.05) is 51.1 Å². The maximum atomic E-state index is 12.8.